The fraction of sp³-hybridized carbons (Fsp3) is 0.500. The third kappa shape index (κ3) is 2.62. The van der Waals surface area contributed by atoms with Gasteiger partial charge < -0.3 is 0 Å². The average Bonchev–Trinajstić information content (AvgIpc) is 2.72. The molecule has 0 aliphatic carbocycles. The zero-order chi connectivity index (χ0) is 16.9. The van der Waals surface area contributed by atoms with E-state index in [-0.39, 0.29) is 16.2 Å². The maximum absolute atomic E-state index is 13.2. The third-order valence-electron chi connectivity index (χ3n) is 2.39. The second-order valence-corrected chi connectivity index (χ2v) is 5.25. The van der Waals surface area contributed by atoms with Gasteiger partial charge in [0.15, 0.2) is 0 Å². The molecule has 0 N–H and O–H groups in total. The van der Waals surface area contributed by atoms with Crippen LogP contribution >= 0.6 is 11.3 Å². The third-order valence-corrected chi connectivity index (χ3v) is 3.39. The fourth-order valence-electron chi connectivity index (χ4n) is 1.23. The molecule has 1 heterocycles. The molecule has 0 unspecified atom stereocenters. The molecular weight excluding hydrogens is 339 g/mol. The molecule has 120 valence electrons. The molecule has 11 heteroatoms. The summed E-state index contributed by atoms with van der Waals surface area (Å²) in [5, 5.41) is 0. The highest BCUT2D eigenvalue weighted by Gasteiger charge is 2.83. The van der Waals surface area contributed by atoms with Gasteiger partial charge in [-0.15, -0.1) is 11.3 Å². The Morgan fingerprint density at radius 2 is 1.38 bits per heavy atom. The standard InChI is InChI=1S/C10H5F9OS/c1-4-2-3-5(21-4)6(20)7(11,12)8(13,14)9(15,16)10(17,18)19/h2-3H,1H3. The predicted octanol–water partition coefficient (Wildman–Crippen LogP) is 4.71. The smallest absolute Gasteiger partial charge is 0.286 e. The molecule has 1 aromatic heterocycles. The van der Waals surface area contributed by atoms with Crippen LogP contribution in [0.2, 0.25) is 0 Å². The first-order valence-electron chi connectivity index (χ1n) is 4.97. The van der Waals surface area contributed by atoms with E-state index in [0.29, 0.717) is 6.07 Å². The largest absolute Gasteiger partial charge is 0.460 e. The van der Waals surface area contributed by atoms with Crippen LogP contribution in [0, 0.1) is 6.92 Å². The SMILES string of the molecule is Cc1ccc(C(=O)C(F)(F)C(F)(F)C(F)(F)C(F)(F)F)s1. The Morgan fingerprint density at radius 3 is 1.71 bits per heavy atom. The lowest BCUT2D eigenvalue weighted by atomic mass is 9.99. The quantitative estimate of drug-likeness (QED) is 0.571. The maximum Gasteiger partial charge on any atom is 0.460 e. The first-order chi connectivity index (χ1) is 9.16. The first kappa shape index (κ1) is 17.8. The summed E-state index contributed by atoms with van der Waals surface area (Å²) in [6, 6.07) is 1.69. The molecule has 1 nitrogen and oxygen atoms in total. The number of halogens is 9. The van der Waals surface area contributed by atoms with Gasteiger partial charge >= 0.3 is 23.9 Å². The minimum atomic E-state index is -7.06. The van der Waals surface area contributed by atoms with Crippen LogP contribution in [0.1, 0.15) is 14.5 Å². The lowest BCUT2D eigenvalue weighted by Gasteiger charge is -2.32. The van der Waals surface area contributed by atoms with Gasteiger partial charge in [-0.05, 0) is 19.1 Å². The summed E-state index contributed by atoms with van der Waals surface area (Å²) in [7, 11) is 0. The van der Waals surface area contributed by atoms with E-state index in [0.717, 1.165) is 6.07 Å². The molecule has 1 rings (SSSR count). The van der Waals surface area contributed by atoms with Gasteiger partial charge in [-0.2, -0.15) is 39.5 Å². The number of Topliss-reactive ketones (excluding diaryl/α,β-unsaturated/α-hetero) is 1. The van der Waals surface area contributed by atoms with Gasteiger partial charge in [0.25, 0.3) is 0 Å². The molecule has 21 heavy (non-hydrogen) atoms. The van der Waals surface area contributed by atoms with E-state index in [1.807, 2.05) is 0 Å². The number of ketones is 1. The van der Waals surface area contributed by atoms with Crippen molar-refractivity contribution >= 4 is 17.1 Å². The molecule has 0 saturated carbocycles. The van der Waals surface area contributed by atoms with Crippen molar-refractivity contribution in [2.75, 3.05) is 0 Å². The van der Waals surface area contributed by atoms with E-state index in [2.05, 4.69) is 0 Å². The van der Waals surface area contributed by atoms with Gasteiger partial charge in [0.2, 0.25) is 5.78 Å². The van der Waals surface area contributed by atoms with Crippen molar-refractivity contribution in [1.29, 1.82) is 0 Å². The molecule has 1 aromatic rings. The number of thiophene rings is 1. The van der Waals surface area contributed by atoms with E-state index >= 15 is 0 Å². The van der Waals surface area contributed by atoms with Gasteiger partial charge in [0.05, 0.1) is 4.88 Å². The summed E-state index contributed by atoms with van der Waals surface area (Å²) in [5.74, 6) is -23.0. The Morgan fingerprint density at radius 1 is 0.905 bits per heavy atom. The van der Waals surface area contributed by atoms with Crippen molar-refractivity contribution in [3.8, 4) is 0 Å². The average molecular weight is 344 g/mol. The molecule has 0 aliphatic rings. The van der Waals surface area contributed by atoms with Crippen molar-refractivity contribution in [3.05, 3.63) is 21.9 Å². The molecular formula is C10H5F9OS. The van der Waals surface area contributed by atoms with Crippen molar-refractivity contribution in [2.45, 2.75) is 30.9 Å². The number of rotatable bonds is 4. The molecule has 0 bridgehead atoms. The molecule has 0 atom stereocenters. The van der Waals surface area contributed by atoms with Crippen molar-refractivity contribution in [3.63, 3.8) is 0 Å². The number of hydrogen-bond acceptors (Lipinski definition) is 2. The van der Waals surface area contributed by atoms with Crippen LogP contribution in [-0.4, -0.2) is 29.7 Å². The summed E-state index contributed by atoms with van der Waals surface area (Å²) in [6.45, 7) is 1.29. The Balaban J connectivity index is 3.31. The second kappa shape index (κ2) is 4.89. The van der Waals surface area contributed by atoms with Gasteiger partial charge in [0.1, 0.15) is 0 Å². The van der Waals surface area contributed by atoms with Gasteiger partial charge in [-0.25, -0.2) is 0 Å². The highest BCUT2D eigenvalue weighted by molar-refractivity contribution is 7.14. The Hall–Kier alpha value is -1.26. The zero-order valence-electron chi connectivity index (χ0n) is 9.87. The molecule has 0 spiro atoms. The number of aryl methyl sites for hydroxylation is 1. The van der Waals surface area contributed by atoms with Gasteiger partial charge in [-0.3, -0.25) is 4.79 Å². The van der Waals surface area contributed by atoms with Crippen LogP contribution < -0.4 is 0 Å². The minimum Gasteiger partial charge on any atom is -0.286 e. The fourth-order valence-corrected chi connectivity index (χ4v) is 2.07. The van der Waals surface area contributed by atoms with Crippen LogP contribution in [0.15, 0.2) is 12.1 Å². The van der Waals surface area contributed by atoms with E-state index in [9.17, 15) is 44.3 Å². The number of carbonyl (C=O) groups excluding carboxylic acids is 1. The van der Waals surface area contributed by atoms with Crippen molar-refractivity contribution in [2.24, 2.45) is 0 Å². The summed E-state index contributed by atoms with van der Waals surface area (Å²) in [6.07, 6.45) is -6.94. The van der Waals surface area contributed by atoms with Crippen LogP contribution in [-0.2, 0) is 0 Å². The molecule has 0 aromatic carbocycles. The van der Waals surface area contributed by atoms with Crippen molar-refractivity contribution in [1.82, 2.24) is 0 Å². The highest BCUT2D eigenvalue weighted by Crippen LogP contribution is 2.54. The van der Waals surface area contributed by atoms with Crippen LogP contribution in [0.4, 0.5) is 39.5 Å². The van der Waals surface area contributed by atoms with E-state index in [1.165, 1.54) is 6.92 Å². The minimum absolute atomic E-state index is 0.208. The van der Waals surface area contributed by atoms with Crippen molar-refractivity contribution < 1.29 is 44.3 Å². The number of carbonyl (C=O) groups is 1. The van der Waals surface area contributed by atoms with E-state index in [1.54, 1.807) is 0 Å². The summed E-state index contributed by atoms with van der Waals surface area (Å²) in [5.41, 5.74) is 0. The molecule has 0 fully saturated rings. The highest BCUT2D eigenvalue weighted by atomic mass is 32.1. The Kier molecular flexibility index (Phi) is 4.14. The molecule has 0 aliphatic heterocycles. The van der Waals surface area contributed by atoms with E-state index < -0.39 is 34.6 Å². The van der Waals surface area contributed by atoms with Gasteiger partial charge in [0, 0.05) is 4.88 Å². The monoisotopic (exact) mass is 344 g/mol. The lowest BCUT2D eigenvalue weighted by Crippen LogP contribution is -2.63. The first-order valence-corrected chi connectivity index (χ1v) is 5.79. The van der Waals surface area contributed by atoms with E-state index in [4.69, 9.17) is 0 Å². The molecule has 0 radical (unpaired) electrons. The molecule has 0 amide bonds. The maximum atomic E-state index is 13.2. The number of hydrogen-bond donors (Lipinski definition) is 0. The topological polar surface area (TPSA) is 17.1 Å². The Labute approximate surface area is 115 Å². The normalized spacial score (nSPS) is 14.4. The molecule has 0 saturated heterocycles. The summed E-state index contributed by atoms with van der Waals surface area (Å²) in [4.78, 5) is 10.3. The van der Waals surface area contributed by atoms with Crippen LogP contribution in [0.3, 0.4) is 0 Å². The zero-order valence-corrected chi connectivity index (χ0v) is 10.7. The van der Waals surface area contributed by atoms with Crippen LogP contribution in [0.5, 0.6) is 0 Å². The number of alkyl halides is 9. The van der Waals surface area contributed by atoms with Gasteiger partial charge in [-0.1, -0.05) is 0 Å². The van der Waals surface area contributed by atoms with Crippen LogP contribution in [0.25, 0.3) is 0 Å². The predicted molar refractivity (Wildman–Crippen MR) is 54.3 cm³/mol. The Bertz CT molecular complexity index is 543. The summed E-state index contributed by atoms with van der Waals surface area (Å²) >= 11 is 0.268. The lowest BCUT2D eigenvalue weighted by molar-refractivity contribution is -0.386. The summed E-state index contributed by atoms with van der Waals surface area (Å²) < 4.78 is 113. The second-order valence-electron chi connectivity index (χ2n) is 3.96.